The summed E-state index contributed by atoms with van der Waals surface area (Å²) in [6.07, 6.45) is 0.348. The Labute approximate surface area is 114 Å². The lowest BCUT2D eigenvalue weighted by Gasteiger charge is -2.25. The maximum atomic E-state index is 9.80. The number of aliphatic hydroxyl groups excluding tert-OH is 2. The van der Waals surface area contributed by atoms with Crippen molar-refractivity contribution < 1.29 is 14.9 Å². The number of anilines is 2. The minimum Gasteiger partial charge on any atom is -0.394 e. The molecule has 7 nitrogen and oxygen atoms in total. The molecule has 19 heavy (non-hydrogen) atoms. The monoisotopic (exact) mass is 282 g/mol. The smallest absolute Gasteiger partial charge is 0.222 e. The number of ether oxygens (including phenoxy) is 1. The van der Waals surface area contributed by atoms with Crippen molar-refractivity contribution in [1.29, 1.82) is 0 Å². The lowest BCUT2D eigenvalue weighted by atomic mass is 10.2. The van der Waals surface area contributed by atoms with Gasteiger partial charge in [-0.1, -0.05) is 18.3 Å². The predicted molar refractivity (Wildman–Crippen MR) is 70.3 cm³/mol. The molecule has 3 rings (SSSR count). The molecular formula is C11H14N4O3S. The summed E-state index contributed by atoms with van der Waals surface area (Å²) in [4.78, 5) is 10.8. The highest BCUT2D eigenvalue weighted by Gasteiger charge is 2.41. The third-order valence-electron chi connectivity index (χ3n) is 3.15. The van der Waals surface area contributed by atoms with Gasteiger partial charge in [0.1, 0.15) is 12.3 Å². The van der Waals surface area contributed by atoms with Crippen molar-refractivity contribution in [2.24, 2.45) is 0 Å². The number of hydrogen-bond acceptors (Lipinski definition) is 8. The van der Waals surface area contributed by atoms with E-state index in [-0.39, 0.29) is 12.6 Å². The van der Waals surface area contributed by atoms with Crippen LogP contribution in [-0.2, 0) is 4.74 Å². The van der Waals surface area contributed by atoms with Gasteiger partial charge in [-0.25, -0.2) is 4.98 Å². The molecule has 0 unspecified atom stereocenters. The summed E-state index contributed by atoms with van der Waals surface area (Å²) in [6.45, 7) is 3.74. The van der Waals surface area contributed by atoms with Crippen molar-refractivity contribution in [3.05, 3.63) is 17.8 Å². The average molecular weight is 282 g/mol. The van der Waals surface area contributed by atoms with Crippen molar-refractivity contribution in [3.63, 3.8) is 0 Å². The lowest BCUT2D eigenvalue weighted by molar-refractivity contribution is -0.0204. The van der Waals surface area contributed by atoms with Gasteiger partial charge in [-0.15, -0.1) is 0 Å². The number of aromatic nitrogens is 2. The Hall–Kier alpha value is -1.35. The van der Waals surface area contributed by atoms with Crippen LogP contribution in [0.5, 0.6) is 0 Å². The Morgan fingerprint density at radius 1 is 1.63 bits per heavy atom. The maximum Gasteiger partial charge on any atom is 0.222 e. The Balaban J connectivity index is 1.90. The molecule has 3 heterocycles. The number of hydrogen-bond donors (Lipinski definition) is 3. The summed E-state index contributed by atoms with van der Waals surface area (Å²) in [7, 11) is 0. The zero-order valence-electron chi connectivity index (χ0n) is 10.1. The number of nitrogens with two attached hydrogens (primary N) is 1. The van der Waals surface area contributed by atoms with E-state index in [0.717, 1.165) is 9.92 Å². The van der Waals surface area contributed by atoms with E-state index < -0.39 is 18.4 Å². The van der Waals surface area contributed by atoms with Gasteiger partial charge < -0.3 is 20.7 Å². The molecule has 102 valence electrons. The number of rotatable bonds is 2. The lowest BCUT2D eigenvalue weighted by Crippen LogP contribution is -2.32. The van der Waals surface area contributed by atoms with Gasteiger partial charge in [0.25, 0.3) is 0 Å². The molecule has 0 radical (unpaired) electrons. The molecule has 0 amide bonds. The van der Waals surface area contributed by atoms with E-state index in [1.54, 1.807) is 11.1 Å². The molecule has 0 bridgehead atoms. The molecule has 8 heteroatoms. The largest absolute Gasteiger partial charge is 0.394 e. The number of aliphatic hydroxyl groups is 2. The van der Waals surface area contributed by atoms with Crippen molar-refractivity contribution in [1.82, 2.24) is 9.97 Å². The van der Waals surface area contributed by atoms with Gasteiger partial charge in [-0.2, -0.15) is 4.98 Å². The van der Waals surface area contributed by atoms with E-state index in [9.17, 15) is 5.11 Å². The van der Waals surface area contributed by atoms with E-state index in [4.69, 9.17) is 15.6 Å². The van der Waals surface area contributed by atoms with E-state index in [1.165, 1.54) is 11.8 Å². The molecular weight excluding hydrogens is 268 g/mol. The number of nitrogen functional groups attached to an aromatic ring is 1. The van der Waals surface area contributed by atoms with Gasteiger partial charge in [0, 0.05) is 12.6 Å². The first-order chi connectivity index (χ1) is 9.10. The van der Waals surface area contributed by atoms with Gasteiger partial charge in [-0.05, 0) is 0 Å². The van der Waals surface area contributed by atoms with Gasteiger partial charge in [0.15, 0.2) is 5.82 Å². The highest BCUT2D eigenvalue weighted by molar-refractivity contribution is 8.03. The van der Waals surface area contributed by atoms with Crippen molar-refractivity contribution in [3.8, 4) is 0 Å². The molecule has 2 aliphatic heterocycles. The molecule has 1 aromatic heterocycles. The molecule has 0 saturated carbocycles. The molecule has 0 aliphatic carbocycles. The number of fused-ring (bicyclic) bond motifs is 1. The fourth-order valence-corrected chi connectivity index (χ4v) is 3.15. The molecule has 2 aliphatic rings. The first kappa shape index (κ1) is 12.7. The van der Waals surface area contributed by atoms with E-state index in [1.807, 2.05) is 0 Å². The Bertz CT molecular complexity index is 527. The Kier molecular flexibility index (Phi) is 3.09. The maximum absolute atomic E-state index is 9.80. The second-order valence-corrected chi connectivity index (χ2v) is 5.51. The fourth-order valence-electron chi connectivity index (χ4n) is 2.25. The van der Waals surface area contributed by atoms with Crippen molar-refractivity contribution in [2.45, 2.75) is 29.8 Å². The normalized spacial score (nSPS) is 29.9. The second-order valence-electron chi connectivity index (χ2n) is 4.40. The average Bonchev–Trinajstić information content (AvgIpc) is 2.88. The van der Waals surface area contributed by atoms with Crippen molar-refractivity contribution in [2.75, 3.05) is 17.2 Å². The van der Waals surface area contributed by atoms with Crippen LogP contribution in [0, 0.1) is 0 Å². The Morgan fingerprint density at radius 3 is 3.11 bits per heavy atom. The molecule has 0 spiro atoms. The van der Waals surface area contributed by atoms with Crippen LogP contribution in [0.15, 0.2) is 22.7 Å². The van der Waals surface area contributed by atoms with Crippen LogP contribution >= 0.6 is 11.8 Å². The van der Waals surface area contributed by atoms with Gasteiger partial charge in [0.05, 0.1) is 22.6 Å². The first-order valence-corrected chi connectivity index (χ1v) is 6.64. The van der Waals surface area contributed by atoms with Crippen LogP contribution in [0.25, 0.3) is 0 Å². The quantitative estimate of drug-likeness (QED) is 0.691. The van der Waals surface area contributed by atoms with E-state index >= 15 is 0 Å². The summed E-state index contributed by atoms with van der Waals surface area (Å²) in [5.74, 6) is 0.814. The van der Waals surface area contributed by atoms with Crippen LogP contribution in [0.1, 0.15) is 6.42 Å². The predicted octanol–water partition coefficient (Wildman–Crippen LogP) is -0.0897. The van der Waals surface area contributed by atoms with Gasteiger partial charge in [-0.3, -0.25) is 4.90 Å². The topological polar surface area (TPSA) is 105 Å². The summed E-state index contributed by atoms with van der Waals surface area (Å²) in [5, 5.41) is 19.7. The minimum atomic E-state index is -0.698. The SMILES string of the molecule is C=C1Sc2cnc(N)nc2N1[C@H]1C[C@H](O)[C@@H](CO)O1. The molecule has 4 N–H and O–H groups in total. The molecule has 1 aromatic rings. The van der Waals surface area contributed by atoms with Crippen LogP contribution in [0.3, 0.4) is 0 Å². The third kappa shape index (κ3) is 2.06. The zero-order valence-corrected chi connectivity index (χ0v) is 10.9. The fraction of sp³-hybridized carbons (Fsp3) is 0.455. The summed E-state index contributed by atoms with van der Waals surface area (Å²) in [5.41, 5.74) is 5.60. The number of thioether (sulfide) groups is 1. The standard InChI is InChI=1S/C11H14N4O3S/c1-5-15(9-2-6(17)7(4-16)18-9)10-8(19-5)3-13-11(12)14-10/h3,6-7,9,16-17H,1-2,4H2,(H2,12,13,14)/t6-,7+,9+/m0/s1. The van der Waals surface area contributed by atoms with Crippen LogP contribution in [0.2, 0.25) is 0 Å². The second kappa shape index (κ2) is 4.64. The minimum absolute atomic E-state index is 0.177. The van der Waals surface area contributed by atoms with E-state index in [2.05, 4.69) is 16.5 Å². The van der Waals surface area contributed by atoms with Crippen LogP contribution < -0.4 is 10.6 Å². The molecule has 1 fully saturated rings. The van der Waals surface area contributed by atoms with Gasteiger partial charge >= 0.3 is 0 Å². The summed E-state index contributed by atoms with van der Waals surface area (Å²) < 4.78 is 5.62. The zero-order chi connectivity index (χ0) is 13.6. The van der Waals surface area contributed by atoms with Crippen molar-refractivity contribution >= 4 is 23.5 Å². The number of nitrogens with zero attached hydrogens (tertiary/aromatic N) is 3. The van der Waals surface area contributed by atoms with Crippen LogP contribution in [0.4, 0.5) is 11.8 Å². The summed E-state index contributed by atoms with van der Waals surface area (Å²) in [6, 6.07) is 0. The highest BCUT2D eigenvalue weighted by Crippen LogP contribution is 2.46. The Morgan fingerprint density at radius 2 is 2.42 bits per heavy atom. The van der Waals surface area contributed by atoms with Crippen LogP contribution in [-0.4, -0.2) is 45.2 Å². The van der Waals surface area contributed by atoms with E-state index in [0.29, 0.717) is 12.2 Å². The highest BCUT2D eigenvalue weighted by atomic mass is 32.2. The molecule has 3 atom stereocenters. The first-order valence-electron chi connectivity index (χ1n) is 5.83. The third-order valence-corrected chi connectivity index (χ3v) is 4.09. The summed E-state index contributed by atoms with van der Waals surface area (Å²) >= 11 is 1.43. The molecule has 0 aromatic carbocycles. The molecule has 1 saturated heterocycles. The van der Waals surface area contributed by atoms with Gasteiger partial charge in [0.2, 0.25) is 5.95 Å².